The van der Waals surface area contributed by atoms with Crippen molar-refractivity contribution >= 4 is 46.0 Å². The van der Waals surface area contributed by atoms with Crippen molar-refractivity contribution in [2.24, 2.45) is 0 Å². The van der Waals surface area contributed by atoms with Crippen molar-refractivity contribution < 1.29 is 4.79 Å². The van der Waals surface area contributed by atoms with E-state index in [9.17, 15) is 4.79 Å². The van der Waals surface area contributed by atoms with E-state index < -0.39 is 0 Å². The normalized spacial score (nSPS) is 10.7. The molecule has 2 aromatic carbocycles. The molecule has 138 valence electrons. The highest BCUT2D eigenvalue weighted by atomic mass is 35.5. The molecule has 0 aliphatic carbocycles. The minimum atomic E-state index is -0.0567. The molecule has 5 nitrogen and oxygen atoms in total. The van der Waals surface area contributed by atoms with Crippen LogP contribution >= 0.6 is 23.4 Å². The van der Waals surface area contributed by atoms with Crippen LogP contribution in [0.1, 0.15) is 17.5 Å². The molecular weight excluding hydrogens is 380 g/mol. The van der Waals surface area contributed by atoms with Crippen molar-refractivity contribution in [2.75, 3.05) is 17.2 Å². The first-order valence-corrected chi connectivity index (χ1v) is 9.86. The molecule has 0 spiro atoms. The van der Waals surface area contributed by atoms with Gasteiger partial charge in [-0.15, -0.1) is 0 Å². The van der Waals surface area contributed by atoms with Gasteiger partial charge in [0.2, 0.25) is 5.91 Å². The number of nitriles is 1. The molecule has 0 saturated heterocycles. The van der Waals surface area contributed by atoms with Gasteiger partial charge in [-0.1, -0.05) is 29.4 Å². The van der Waals surface area contributed by atoms with E-state index in [1.807, 2.05) is 38.1 Å². The van der Waals surface area contributed by atoms with Crippen molar-refractivity contribution in [1.29, 1.82) is 5.26 Å². The van der Waals surface area contributed by atoms with Crippen LogP contribution in [0.4, 0.5) is 5.69 Å². The third kappa shape index (κ3) is 4.82. The highest BCUT2D eigenvalue weighted by Gasteiger charge is 2.17. The maximum atomic E-state index is 12.8. The minimum absolute atomic E-state index is 0.0567. The predicted octanol–water partition coefficient (Wildman–Crippen LogP) is 4.87. The first-order valence-electron chi connectivity index (χ1n) is 8.50. The SMILES string of the molecule is Cc1cc(C)cc(N(CCC#N)C(=O)CSc2nc3ccc(Cl)cc3[nH]2)c1. The van der Waals surface area contributed by atoms with Gasteiger partial charge in [-0.05, 0) is 55.3 Å². The first-order chi connectivity index (χ1) is 13.0. The molecule has 1 heterocycles. The lowest BCUT2D eigenvalue weighted by Gasteiger charge is -2.22. The van der Waals surface area contributed by atoms with Gasteiger partial charge in [0.15, 0.2) is 5.16 Å². The highest BCUT2D eigenvalue weighted by Crippen LogP contribution is 2.24. The number of H-pyrrole nitrogens is 1. The maximum absolute atomic E-state index is 12.8. The second-order valence-electron chi connectivity index (χ2n) is 6.29. The van der Waals surface area contributed by atoms with Crippen LogP contribution in [-0.2, 0) is 4.79 Å². The van der Waals surface area contributed by atoms with E-state index >= 15 is 0 Å². The number of anilines is 1. The monoisotopic (exact) mass is 398 g/mol. The Morgan fingerprint density at radius 1 is 1.26 bits per heavy atom. The molecule has 0 fully saturated rings. The van der Waals surface area contributed by atoms with Crippen molar-refractivity contribution in [2.45, 2.75) is 25.4 Å². The van der Waals surface area contributed by atoms with Crippen LogP contribution in [-0.4, -0.2) is 28.2 Å². The molecule has 1 aromatic heterocycles. The Morgan fingerprint density at radius 3 is 2.70 bits per heavy atom. The summed E-state index contributed by atoms with van der Waals surface area (Å²) < 4.78 is 0. The average Bonchev–Trinajstić information content (AvgIpc) is 3.01. The van der Waals surface area contributed by atoms with Crippen LogP contribution in [0.2, 0.25) is 5.02 Å². The molecule has 3 aromatic rings. The third-order valence-electron chi connectivity index (χ3n) is 4.02. The van der Waals surface area contributed by atoms with Gasteiger partial charge in [0.1, 0.15) is 0 Å². The molecule has 3 rings (SSSR count). The summed E-state index contributed by atoms with van der Waals surface area (Å²) in [7, 11) is 0. The second-order valence-corrected chi connectivity index (χ2v) is 7.69. The zero-order chi connectivity index (χ0) is 19.4. The molecule has 27 heavy (non-hydrogen) atoms. The molecule has 0 aliphatic heterocycles. The van der Waals surface area contributed by atoms with Gasteiger partial charge >= 0.3 is 0 Å². The summed E-state index contributed by atoms with van der Waals surface area (Å²) in [6.07, 6.45) is 0.284. The third-order valence-corrected chi connectivity index (χ3v) is 5.11. The molecular formula is C20H19ClN4OS. The second kappa shape index (κ2) is 8.47. The van der Waals surface area contributed by atoms with E-state index in [1.54, 1.807) is 11.0 Å². The number of aromatic nitrogens is 2. The number of hydrogen-bond acceptors (Lipinski definition) is 4. The van der Waals surface area contributed by atoms with Crippen LogP contribution in [0.5, 0.6) is 0 Å². The van der Waals surface area contributed by atoms with Crippen LogP contribution in [0.15, 0.2) is 41.6 Å². The fourth-order valence-electron chi connectivity index (χ4n) is 2.90. The highest BCUT2D eigenvalue weighted by molar-refractivity contribution is 7.99. The molecule has 1 N–H and O–H groups in total. The van der Waals surface area contributed by atoms with Gasteiger partial charge in [0, 0.05) is 17.3 Å². The average molecular weight is 399 g/mol. The van der Waals surface area contributed by atoms with E-state index in [0.29, 0.717) is 16.7 Å². The standard InChI is InChI=1S/C20H19ClN4OS/c1-13-8-14(2)10-16(9-13)25(7-3-6-22)19(26)12-27-20-23-17-5-4-15(21)11-18(17)24-20/h4-5,8-11H,3,7,12H2,1-2H3,(H,23,24). The number of hydrogen-bond donors (Lipinski definition) is 1. The van der Waals surface area contributed by atoms with Crippen molar-refractivity contribution in [3.05, 3.63) is 52.5 Å². The summed E-state index contributed by atoms with van der Waals surface area (Å²) in [6, 6.07) is 13.6. The Morgan fingerprint density at radius 2 is 2.00 bits per heavy atom. The lowest BCUT2D eigenvalue weighted by Crippen LogP contribution is -2.33. The number of carbonyl (C=O) groups excluding carboxylic acids is 1. The van der Waals surface area contributed by atoms with Crippen LogP contribution < -0.4 is 4.90 Å². The molecule has 0 saturated carbocycles. The number of amides is 1. The summed E-state index contributed by atoms with van der Waals surface area (Å²) in [6.45, 7) is 4.37. The Labute approximate surface area is 167 Å². The summed E-state index contributed by atoms with van der Waals surface area (Å²) in [4.78, 5) is 22.2. The quantitative estimate of drug-likeness (QED) is 0.601. The van der Waals surface area contributed by atoms with E-state index in [1.165, 1.54) is 11.8 Å². The van der Waals surface area contributed by atoms with Gasteiger partial charge in [0.25, 0.3) is 0 Å². The summed E-state index contributed by atoms with van der Waals surface area (Å²) >= 11 is 7.34. The van der Waals surface area contributed by atoms with E-state index in [-0.39, 0.29) is 18.1 Å². The number of fused-ring (bicyclic) bond motifs is 1. The van der Waals surface area contributed by atoms with Crippen LogP contribution in [0.25, 0.3) is 11.0 Å². The predicted molar refractivity (Wildman–Crippen MR) is 110 cm³/mol. The number of imidazole rings is 1. The van der Waals surface area contributed by atoms with Gasteiger partial charge in [0.05, 0.1) is 29.3 Å². The van der Waals surface area contributed by atoms with Crippen molar-refractivity contribution in [1.82, 2.24) is 9.97 Å². The topological polar surface area (TPSA) is 72.8 Å². The number of carbonyl (C=O) groups is 1. The molecule has 0 radical (unpaired) electrons. The number of halogens is 1. The summed E-state index contributed by atoms with van der Waals surface area (Å²) in [5, 5.41) is 10.2. The van der Waals surface area contributed by atoms with Crippen LogP contribution in [0.3, 0.4) is 0 Å². The molecule has 0 atom stereocenters. The van der Waals surface area contributed by atoms with Crippen molar-refractivity contribution in [3.63, 3.8) is 0 Å². The van der Waals surface area contributed by atoms with E-state index in [0.717, 1.165) is 27.8 Å². The van der Waals surface area contributed by atoms with E-state index in [2.05, 4.69) is 22.1 Å². The van der Waals surface area contributed by atoms with Crippen molar-refractivity contribution in [3.8, 4) is 6.07 Å². The Balaban J connectivity index is 1.76. The number of aryl methyl sites for hydroxylation is 2. The smallest absolute Gasteiger partial charge is 0.237 e. The minimum Gasteiger partial charge on any atom is -0.333 e. The summed E-state index contributed by atoms with van der Waals surface area (Å²) in [5.74, 6) is 0.171. The zero-order valence-corrected chi connectivity index (χ0v) is 16.7. The fourth-order valence-corrected chi connectivity index (χ4v) is 3.83. The lowest BCUT2D eigenvalue weighted by molar-refractivity contribution is -0.116. The molecule has 0 bridgehead atoms. The van der Waals surface area contributed by atoms with Gasteiger partial charge in [-0.2, -0.15) is 5.26 Å². The zero-order valence-electron chi connectivity index (χ0n) is 15.1. The fraction of sp³-hybridized carbons (Fsp3) is 0.250. The number of rotatable bonds is 6. The molecule has 0 aliphatic rings. The first kappa shape index (κ1) is 19.3. The molecule has 1 amide bonds. The van der Waals surface area contributed by atoms with Gasteiger partial charge in [-0.25, -0.2) is 4.98 Å². The molecule has 7 heteroatoms. The lowest BCUT2D eigenvalue weighted by atomic mass is 10.1. The summed E-state index contributed by atoms with van der Waals surface area (Å²) in [5.41, 5.74) is 4.64. The largest absolute Gasteiger partial charge is 0.333 e. The Bertz CT molecular complexity index is 1000. The number of aromatic amines is 1. The number of thioether (sulfide) groups is 1. The Kier molecular flexibility index (Phi) is 6.04. The molecule has 0 unspecified atom stereocenters. The van der Waals surface area contributed by atoms with E-state index in [4.69, 9.17) is 16.9 Å². The Hall–Kier alpha value is -2.49. The number of nitrogens with one attached hydrogen (secondary N) is 1. The number of benzene rings is 2. The van der Waals surface area contributed by atoms with Crippen LogP contribution in [0, 0.1) is 25.2 Å². The van der Waals surface area contributed by atoms with Gasteiger partial charge in [-0.3, -0.25) is 4.79 Å². The number of nitrogens with zero attached hydrogens (tertiary/aromatic N) is 3. The van der Waals surface area contributed by atoms with Gasteiger partial charge < -0.3 is 9.88 Å². The maximum Gasteiger partial charge on any atom is 0.237 e.